The number of rotatable bonds is 9. The summed E-state index contributed by atoms with van der Waals surface area (Å²) >= 11 is 0. The van der Waals surface area contributed by atoms with Gasteiger partial charge in [-0.15, -0.1) is 6.58 Å². The summed E-state index contributed by atoms with van der Waals surface area (Å²) in [6.07, 6.45) is 3.10. The van der Waals surface area contributed by atoms with Gasteiger partial charge in [-0.05, 0) is 36.2 Å². The first-order valence-electron chi connectivity index (χ1n) is 8.73. The first-order valence-corrected chi connectivity index (χ1v) is 8.73. The summed E-state index contributed by atoms with van der Waals surface area (Å²) in [7, 11) is 2.97. The van der Waals surface area contributed by atoms with Gasteiger partial charge in [-0.3, -0.25) is 9.59 Å². The van der Waals surface area contributed by atoms with E-state index in [9.17, 15) is 14.7 Å². The average molecular weight is 397 g/mol. The highest BCUT2D eigenvalue weighted by atomic mass is 16.5. The van der Waals surface area contributed by atoms with Crippen molar-refractivity contribution >= 4 is 23.7 Å². The number of methoxy groups -OCH3 is 2. The highest BCUT2D eigenvalue weighted by molar-refractivity contribution is 6.03. The van der Waals surface area contributed by atoms with Gasteiger partial charge in [0.2, 0.25) is 11.8 Å². The lowest BCUT2D eigenvalue weighted by Crippen LogP contribution is -2.24. The number of phenols is 1. The largest absolute Gasteiger partial charge is 0.504 e. The van der Waals surface area contributed by atoms with Crippen molar-refractivity contribution in [3.63, 3.8) is 0 Å². The van der Waals surface area contributed by atoms with Crippen LogP contribution in [0.25, 0.3) is 0 Å². The molecule has 0 aromatic heterocycles. The number of hydrogen-bond donors (Lipinski definition) is 3. The summed E-state index contributed by atoms with van der Waals surface area (Å²) in [6.45, 7) is 3.65. The molecule has 2 amide bonds. The van der Waals surface area contributed by atoms with Crippen LogP contribution in [0.1, 0.15) is 17.5 Å². The highest BCUT2D eigenvalue weighted by Crippen LogP contribution is 2.31. The Morgan fingerprint density at radius 1 is 1.17 bits per heavy atom. The van der Waals surface area contributed by atoms with Gasteiger partial charge in [-0.1, -0.05) is 12.1 Å². The van der Waals surface area contributed by atoms with Gasteiger partial charge < -0.3 is 19.9 Å². The SMILES string of the molecule is C=CCc1cc(/C=N/NC(=O)CC(=O)Nc2cccc(OC)c2)cc(OC)c1O. The number of ether oxygens (including phenoxy) is 2. The second kappa shape index (κ2) is 10.5. The molecular formula is C21H23N3O5. The molecule has 0 saturated heterocycles. The number of nitrogens with one attached hydrogen (secondary N) is 2. The highest BCUT2D eigenvalue weighted by Gasteiger charge is 2.11. The first kappa shape index (κ1) is 21.5. The molecule has 0 saturated carbocycles. The Balaban J connectivity index is 1.94. The number of carbonyl (C=O) groups is 2. The molecule has 0 atom stereocenters. The van der Waals surface area contributed by atoms with Crippen molar-refractivity contribution in [2.24, 2.45) is 5.10 Å². The predicted octanol–water partition coefficient (Wildman–Crippen LogP) is 2.62. The van der Waals surface area contributed by atoms with Crippen molar-refractivity contribution in [3.05, 3.63) is 60.2 Å². The van der Waals surface area contributed by atoms with Gasteiger partial charge in [0.05, 0.1) is 20.4 Å². The third-order valence-corrected chi connectivity index (χ3v) is 3.84. The van der Waals surface area contributed by atoms with E-state index in [1.807, 2.05) is 0 Å². The molecule has 8 nitrogen and oxygen atoms in total. The molecule has 0 aliphatic rings. The Hall–Kier alpha value is -3.81. The maximum Gasteiger partial charge on any atom is 0.249 e. The fourth-order valence-electron chi connectivity index (χ4n) is 2.50. The molecule has 0 aliphatic heterocycles. The molecule has 0 spiro atoms. The fourth-order valence-corrected chi connectivity index (χ4v) is 2.50. The topological polar surface area (TPSA) is 109 Å². The Kier molecular flexibility index (Phi) is 7.78. The lowest BCUT2D eigenvalue weighted by molar-refractivity contribution is -0.126. The number of nitrogens with zero attached hydrogens (tertiary/aromatic N) is 1. The van der Waals surface area contributed by atoms with Crippen molar-refractivity contribution in [2.45, 2.75) is 12.8 Å². The number of allylic oxidation sites excluding steroid dienone is 1. The summed E-state index contributed by atoms with van der Waals surface area (Å²) in [5.41, 5.74) is 4.04. The molecular weight excluding hydrogens is 374 g/mol. The zero-order chi connectivity index (χ0) is 21.2. The van der Waals surface area contributed by atoms with E-state index in [4.69, 9.17) is 9.47 Å². The zero-order valence-corrected chi connectivity index (χ0v) is 16.3. The number of aromatic hydroxyl groups is 1. The van der Waals surface area contributed by atoms with E-state index in [1.54, 1.807) is 42.5 Å². The summed E-state index contributed by atoms with van der Waals surface area (Å²) in [4.78, 5) is 23.9. The van der Waals surface area contributed by atoms with E-state index in [2.05, 4.69) is 22.4 Å². The van der Waals surface area contributed by atoms with E-state index in [0.717, 1.165) is 0 Å². The van der Waals surface area contributed by atoms with Gasteiger partial charge in [0.25, 0.3) is 0 Å². The predicted molar refractivity (Wildman–Crippen MR) is 111 cm³/mol. The van der Waals surface area contributed by atoms with E-state index in [0.29, 0.717) is 29.0 Å². The van der Waals surface area contributed by atoms with E-state index in [1.165, 1.54) is 20.4 Å². The molecule has 0 bridgehead atoms. The average Bonchev–Trinajstić information content (AvgIpc) is 2.70. The molecule has 152 valence electrons. The van der Waals surface area contributed by atoms with Crippen LogP contribution in [0.4, 0.5) is 5.69 Å². The summed E-state index contributed by atoms with van der Waals surface area (Å²) in [6, 6.07) is 10.1. The molecule has 0 fully saturated rings. The molecule has 0 heterocycles. The van der Waals surface area contributed by atoms with Crippen LogP contribution < -0.4 is 20.2 Å². The van der Waals surface area contributed by atoms with Crippen LogP contribution in [0, 0.1) is 0 Å². The maximum atomic E-state index is 12.0. The van der Waals surface area contributed by atoms with Crippen LogP contribution in [0.2, 0.25) is 0 Å². The van der Waals surface area contributed by atoms with Gasteiger partial charge in [0.15, 0.2) is 11.5 Å². The van der Waals surface area contributed by atoms with Crippen LogP contribution in [0.5, 0.6) is 17.2 Å². The van der Waals surface area contributed by atoms with Crippen molar-refractivity contribution < 1.29 is 24.2 Å². The molecule has 2 aromatic rings. The molecule has 2 rings (SSSR count). The number of hydrazone groups is 1. The van der Waals surface area contributed by atoms with Gasteiger partial charge in [0, 0.05) is 17.3 Å². The third-order valence-electron chi connectivity index (χ3n) is 3.84. The Labute approximate surface area is 168 Å². The monoisotopic (exact) mass is 397 g/mol. The minimum atomic E-state index is -0.571. The number of anilines is 1. The molecule has 0 radical (unpaired) electrons. The van der Waals surface area contributed by atoms with Crippen LogP contribution >= 0.6 is 0 Å². The van der Waals surface area contributed by atoms with Gasteiger partial charge >= 0.3 is 0 Å². The maximum absolute atomic E-state index is 12.0. The molecule has 8 heteroatoms. The Morgan fingerprint density at radius 3 is 2.66 bits per heavy atom. The summed E-state index contributed by atoms with van der Waals surface area (Å²) in [5, 5.41) is 16.5. The van der Waals surface area contributed by atoms with Crippen molar-refractivity contribution in [2.75, 3.05) is 19.5 Å². The quantitative estimate of drug-likeness (QED) is 0.261. The van der Waals surface area contributed by atoms with E-state index in [-0.39, 0.29) is 11.5 Å². The number of benzene rings is 2. The Morgan fingerprint density at radius 2 is 1.97 bits per heavy atom. The summed E-state index contributed by atoms with van der Waals surface area (Å²) < 4.78 is 10.2. The summed E-state index contributed by atoms with van der Waals surface area (Å²) in [5.74, 6) is -0.140. The minimum absolute atomic E-state index is 0.0304. The fraction of sp³-hybridized carbons (Fsp3) is 0.190. The number of amides is 2. The Bertz CT molecular complexity index is 925. The molecule has 3 N–H and O–H groups in total. The van der Waals surface area contributed by atoms with Crippen LogP contribution in [-0.2, 0) is 16.0 Å². The van der Waals surface area contributed by atoms with E-state index < -0.39 is 18.2 Å². The lowest BCUT2D eigenvalue weighted by Gasteiger charge is -2.09. The van der Waals surface area contributed by atoms with Crippen LogP contribution in [-0.4, -0.2) is 37.4 Å². The standard InChI is InChI=1S/C21H23N3O5/c1-4-6-15-9-14(10-18(29-3)21(15)27)13-22-24-20(26)12-19(25)23-16-7-5-8-17(11-16)28-2/h4-5,7-11,13,27H,1,6,12H2,2-3H3,(H,23,25)(H,24,26)/b22-13+. The molecule has 29 heavy (non-hydrogen) atoms. The zero-order valence-electron chi connectivity index (χ0n) is 16.3. The number of carbonyl (C=O) groups excluding carboxylic acids is 2. The molecule has 2 aromatic carbocycles. The van der Waals surface area contributed by atoms with Crippen molar-refractivity contribution in [3.8, 4) is 17.2 Å². The molecule has 0 aliphatic carbocycles. The second-order valence-corrected chi connectivity index (χ2v) is 5.97. The second-order valence-electron chi connectivity index (χ2n) is 5.97. The third kappa shape index (κ3) is 6.39. The van der Waals surface area contributed by atoms with Crippen LogP contribution in [0.15, 0.2) is 54.2 Å². The van der Waals surface area contributed by atoms with Gasteiger partial charge in [0.1, 0.15) is 12.2 Å². The van der Waals surface area contributed by atoms with Crippen LogP contribution in [0.3, 0.4) is 0 Å². The van der Waals surface area contributed by atoms with Gasteiger partial charge in [-0.2, -0.15) is 5.10 Å². The normalized spacial score (nSPS) is 10.4. The van der Waals surface area contributed by atoms with Gasteiger partial charge in [-0.25, -0.2) is 5.43 Å². The van der Waals surface area contributed by atoms with Crippen molar-refractivity contribution in [1.29, 1.82) is 0 Å². The van der Waals surface area contributed by atoms with Crippen molar-refractivity contribution in [1.82, 2.24) is 5.43 Å². The smallest absolute Gasteiger partial charge is 0.249 e. The number of phenolic OH excluding ortho intramolecular Hbond substituents is 1. The molecule has 0 unspecified atom stereocenters. The number of hydrogen-bond acceptors (Lipinski definition) is 6. The first-order chi connectivity index (χ1) is 14.0. The minimum Gasteiger partial charge on any atom is -0.504 e. The lowest BCUT2D eigenvalue weighted by atomic mass is 10.1. The van der Waals surface area contributed by atoms with E-state index >= 15 is 0 Å².